The van der Waals surface area contributed by atoms with Crippen molar-refractivity contribution in [2.45, 2.75) is 26.1 Å². The second-order valence-corrected chi connectivity index (χ2v) is 9.48. The van der Waals surface area contributed by atoms with E-state index < -0.39 is 23.5 Å². The van der Waals surface area contributed by atoms with Gasteiger partial charge in [-0.25, -0.2) is 0 Å². The third-order valence-electron chi connectivity index (χ3n) is 6.69. The topological polar surface area (TPSA) is 89.0 Å². The number of aliphatic hydroxyl groups is 1. The molecule has 41 heavy (non-hydrogen) atoms. The summed E-state index contributed by atoms with van der Waals surface area (Å²) in [5.74, 6) is -0.636. The molecule has 0 spiro atoms. The SMILES string of the molecule is CCOc1cc(C2C(C(=O)C=Cc3ccccc3)=C(O)C(=O)N2Cc2cccnc2)ccc1OCc1ccccc1. The van der Waals surface area contributed by atoms with E-state index in [2.05, 4.69) is 4.98 Å². The zero-order chi connectivity index (χ0) is 28.6. The van der Waals surface area contributed by atoms with Gasteiger partial charge < -0.3 is 19.5 Å². The molecule has 0 saturated carbocycles. The van der Waals surface area contributed by atoms with Gasteiger partial charge in [-0.3, -0.25) is 14.6 Å². The number of nitrogens with zero attached hydrogens (tertiary/aromatic N) is 2. The van der Waals surface area contributed by atoms with Gasteiger partial charge in [-0.15, -0.1) is 0 Å². The Morgan fingerprint density at radius 2 is 1.66 bits per heavy atom. The minimum absolute atomic E-state index is 0.00599. The number of rotatable bonds is 11. The average molecular weight is 547 g/mol. The summed E-state index contributed by atoms with van der Waals surface area (Å²) in [6.07, 6.45) is 6.35. The van der Waals surface area contributed by atoms with Gasteiger partial charge in [0.05, 0.1) is 18.2 Å². The zero-order valence-corrected chi connectivity index (χ0v) is 22.6. The Kier molecular flexibility index (Phi) is 8.55. The maximum absolute atomic E-state index is 13.5. The van der Waals surface area contributed by atoms with Crippen LogP contribution in [0.2, 0.25) is 0 Å². The van der Waals surface area contributed by atoms with Crippen molar-refractivity contribution in [3.8, 4) is 11.5 Å². The number of carbonyl (C=O) groups excluding carboxylic acids is 2. The number of hydrogen-bond acceptors (Lipinski definition) is 6. The van der Waals surface area contributed by atoms with Crippen molar-refractivity contribution in [2.75, 3.05) is 6.61 Å². The molecule has 206 valence electrons. The lowest BCUT2D eigenvalue weighted by molar-refractivity contribution is -0.130. The lowest BCUT2D eigenvalue weighted by atomic mass is 9.95. The molecule has 0 aliphatic carbocycles. The molecule has 0 bridgehead atoms. The van der Waals surface area contributed by atoms with Crippen molar-refractivity contribution in [1.29, 1.82) is 0 Å². The number of ketones is 1. The number of aliphatic hydroxyl groups excluding tert-OH is 1. The number of amides is 1. The van der Waals surface area contributed by atoms with Crippen LogP contribution >= 0.6 is 0 Å². The Labute approximate surface area is 239 Å². The lowest BCUT2D eigenvalue weighted by Crippen LogP contribution is -2.30. The first-order chi connectivity index (χ1) is 20.0. The molecule has 5 rings (SSSR count). The maximum atomic E-state index is 13.5. The summed E-state index contributed by atoms with van der Waals surface area (Å²) in [6, 6.07) is 27.3. The summed E-state index contributed by atoms with van der Waals surface area (Å²) in [6.45, 7) is 2.76. The molecule has 2 heterocycles. The molecule has 3 aromatic carbocycles. The molecule has 4 aromatic rings. The van der Waals surface area contributed by atoms with E-state index in [0.29, 0.717) is 30.3 Å². The highest BCUT2D eigenvalue weighted by Gasteiger charge is 2.43. The number of allylic oxidation sites excluding steroid dienone is 1. The quantitative estimate of drug-likeness (QED) is 0.224. The van der Waals surface area contributed by atoms with Gasteiger partial charge in [-0.1, -0.05) is 78.9 Å². The molecular weight excluding hydrogens is 516 g/mol. The van der Waals surface area contributed by atoms with E-state index in [-0.39, 0.29) is 12.1 Å². The minimum Gasteiger partial charge on any atom is -0.503 e. The van der Waals surface area contributed by atoms with Crippen molar-refractivity contribution >= 4 is 17.8 Å². The molecule has 1 atom stereocenters. The minimum atomic E-state index is -0.849. The van der Waals surface area contributed by atoms with Crippen molar-refractivity contribution in [1.82, 2.24) is 9.88 Å². The van der Waals surface area contributed by atoms with Crippen LogP contribution in [0.3, 0.4) is 0 Å². The normalized spacial score (nSPS) is 15.0. The van der Waals surface area contributed by atoms with Gasteiger partial charge in [0.1, 0.15) is 6.61 Å². The summed E-state index contributed by atoms with van der Waals surface area (Å²) in [7, 11) is 0. The summed E-state index contributed by atoms with van der Waals surface area (Å²) in [4.78, 5) is 32.6. The Morgan fingerprint density at radius 1 is 0.927 bits per heavy atom. The van der Waals surface area contributed by atoms with E-state index in [1.54, 1.807) is 42.7 Å². The van der Waals surface area contributed by atoms with Crippen LogP contribution in [-0.4, -0.2) is 33.3 Å². The molecule has 1 aromatic heterocycles. The fraction of sp³-hybridized carbons (Fsp3) is 0.147. The monoisotopic (exact) mass is 546 g/mol. The van der Waals surface area contributed by atoms with Gasteiger partial charge in [-0.05, 0) is 53.5 Å². The summed E-state index contributed by atoms with van der Waals surface area (Å²) < 4.78 is 12.0. The standard InChI is InChI=1S/C34H30N2O5/c1-2-40-30-20-27(16-18-29(30)41-23-25-12-7-4-8-13-25)32-31(28(37)17-15-24-10-5-3-6-11-24)33(38)34(39)36(32)22-26-14-9-19-35-21-26/h3-21,32,38H,2,22-23H2,1H3. The van der Waals surface area contributed by atoms with E-state index in [9.17, 15) is 14.7 Å². The first-order valence-electron chi connectivity index (χ1n) is 13.4. The predicted molar refractivity (Wildman–Crippen MR) is 156 cm³/mol. The molecule has 1 aliphatic heterocycles. The number of ether oxygens (including phenoxy) is 2. The molecule has 7 heteroatoms. The van der Waals surface area contributed by atoms with Crippen LogP contribution in [0.5, 0.6) is 11.5 Å². The molecule has 1 amide bonds. The number of carbonyl (C=O) groups is 2. The Bertz CT molecular complexity index is 1570. The van der Waals surface area contributed by atoms with Crippen LogP contribution < -0.4 is 9.47 Å². The molecule has 1 N–H and O–H groups in total. The van der Waals surface area contributed by atoms with Gasteiger partial charge in [0.15, 0.2) is 23.0 Å². The van der Waals surface area contributed by atoms with Crippen LogP contribution in [-0.2, 0) is 22.7 Å². The van der Waals surface area contributed by atoms with Crippen LogP contribution in [0.15, 0.2) is 121 Å². The van der Waals surface area contributed by atoms with Crippen molar-refractivity contribution in [3.63, 3.8) is 0 Å². The molecule has 1 aliphatic rings. The van der Waals surface area contributed by atoms with Crippen molar-refractivity contribution < 1.29 is 24.2 Å². The van der Waals surface area contributed by atoms with E-state index >= 15 is 0 Å². The maximum Gasteiger partial charge on any atom is 0.290 e. The first kappa shape index (κ1) is 27.4. The van der Waals surface area contributed by atoms with E-state index in [1.165, 1.54) is 11.0 Å². The summed E-state index contributed by atoms with van der Waals surface area (Å²) in [5.41, 5.74) is 3.21. The third-order valence-corrected chi connectivity index (χ3v) is 6.69. The third kappa shape index (κ3) is 6.36. The Morgan fingerprint density at radius 3 is 2.37 bits per heavy atom. The highest BCUT2D eigenvalue weighted by Crippen LogP contribution is 2.42. The van der Waals surface area contributed by atoms with Gasteiger partial charge in [0, 0.05) is 18.9 Å². The number of aromatic nitrogens is 1. The second-order valence-electron chi connectivity index (χ2n) is 9.48. The first-order valence-corrected chi connectivity index (χ1v) is 13.4. The molecule has 1 unspecified atom stereocenters. The van der Waals surface area contributed by atoms with E-state index in [0.717, 1.165) is 16.7 Å². The van der Waals surface area contributed by atoms with Crippen LogP contribution in [0.4, 0.5) is 0 Å². The summed E-state index contributed by atoms with van der Waals surface area (Å²) in [5, 5.41) is 11.0. The van der Waals surface area contributed by atoms with Gasteiger partial charge in [-0.2, -0.15) is 0 Å². The van der Waals surface area contributed by atoms with Gasteiger partial charge in [0.25, 0.3) is 5.91 Å². The highest BCUT2D eigenvalue weighted by molar-refractivity contribution is 6.14. The van der Waals surface area contributed by atoms with E-state index in [4.69, 9.17) is 9.47 Å². The van der Waals surface area contributed by atoms with Crippen molar-refractivity contribution in [3.05, 3.63) is 143 Å². The summed E-state index contributed by atoms with van der Waals surface area (Å²) >= 11 is 0. The molecule has 0 fully saturated rings. The van der Waals surface area contributed by atoms with Crippen LogP contribution in [0.25, 0.3) is 6.08 Å². The largest absolute Gasteiger partial charge is 0.503 e. The van der Waals surface area contributed by atoms with Crippen molar-refractivity contribution in [2.24, 2.45) is 0 Å². The lowest BCUT2D eigenvalue weighted by Gasteiger charge is -2.27. The molecule has 7 nitrogen and oxygen atoms in total. The average Bonchev–Trinajstić information content (AvgIpc) is 3.26. The number of hydrogen-bond donors (Lipinski definition) is 1. The van der Waals surface area contributed by atoms with E-state index in [1.807, 2.05) is 73.7 Å². The van der Waals surface area contributed by atoms with Gasteiger partial charge >= 0.3 is 0 Å². The fourth-order valence-electron chi connectivity index (χ4n) is 4.75. The zero-order valence-electron chi connectivity index (χ0n) is 22.6. The smallest absolute Gasteiger partial charge is 0.290 e. The molecular formula is C34H30N2O5. The van der Waals surface area contributed by atoms with Crippen LogP contribution in [0, 0.1) is 0 Å². The van der Waals surface area contributed by atoms with Crippen LogP contribution in [0.1, 0.15) is 35.2 Å². The Balaban J connectivity index is 1.51. The van der Waals surface area contributed by atoms with Gasteiger partial charge in [0.2, 0.25) is 0 Å². The number of benzene rings is 3. The number of pyridine rings is 1. The fourth-order valence-corrected chi connectivity index (χ4v) is 4.75. The highest BCUT2D eigenvalue weighted by atomic mass is 16.5. The molecule has 0 radical (unpaired) electrons. The molecule has 0 saturated heterocycles. The second kappa shape index (κ2) is 12.8. The Hall–Kier alpha value is -5.17. The predicted octanol–water partition coefficient (Wildman–Crippen LogP) is 6.24.